The molecular weight excluding hydrogens is 507 g/mol. The van der Waals surface area contributed by atoms with E-state index in [1.165, 1.54) is 6.20 Å². The lowest BCUT2D eigenvalue weighted by molar-refractivity contribution is -0.137. The fourth-order valence-electron chi connectivity index (χ4n) is 4.03. The molecule has 4 aromatic rings. The largest absolute Gasteiger partial charge is 0.416 e. The summed E-state index contributed by atoms with van der Waals surface area (Å²) in [6.07, 6.45) is -2.81. The van der Waals surface area contributed by atoms with E-state index >= 15 is 0 Å². The minimum absolute atomic E-state index is 0.0133. The molecular formula is C21H17ClF3N7O2S. The maximum Gasteiger partial charge on any atom is 0.416 e. The highest BCUT2D eigenvalue weighted by atomic mass is 35.5. The number of para-hydroxylation sites is 1. The first-order valence-electron chi connectivity index (χ1n) is 10.2. The van der Waals surface area contributed by atoms with E-state index in [9.17, 15) is 21.6 Å². The molecule has 3 heterocycles. The molecule has 1 unspecified atom stereocenters. The fourth-order valence-corrected chi connectivity index (χ4v) is 6.08. The van der Waals surface area contributed by atoms with Crippen LogP contribution < -0.4 is 15.4 Å². The van der Waals surface area contributed by atoms with Gasteiger partial charge >= 0.3 is 6.18 Å². The number of nitrogen functional groups attached to an aromatic ring is 1. The standard InChI is InChI=1S/C21H17ClF3N7O2S/c22-15-6-5-12(21(23,24)25)8-17(15)35(33,34)32-10-13(7-11-3-1-2-4-16(11)32)28-18-14-9-27-31-19(14)30-20(26)29-18/h1-6,8-9,13H,7,10H2,(H4,26,27,28,29,30,31). The number of rotatable bonds is 4. The van der Waals surface area contributed by atoms with Crippen LogP contribution in [0.4, 0.5) is 30.6 Å². The second-order valence-electron chi connectivity index (χ2n) is 7.92. The van der Waals surface area contributed by atoms with Gasteiger partial charge in [0.05, 0.1) is 40.4 Å². The number of aromatic nitrogens is 4. The van der Waals surface area contributed by atoms with Gasteiger partial charge in [0.2, 0.25) is 5.95 Å². The van der Waals surface area contributed by atoms with E-state index in [2.05, 4.69) is 25.5 Å². The normalized spacial score (nSPS) is 16.3. The Bertz CT molecular complexity index is 1540. The van der Waals surface area contributed by atoms with Crippen LogP contribution in [0.2, 0.25) is 5.02 Å². The molecule has 0 spiro atoms. The van der Waals surface area contributed by atoms with E-state index in [1.807, 2.05) is 0 Å². The average molecular weight is 524 g/mol. The Morgan fingerprint density at radius 3 is 2.71 bits per heavy atom. The molecule has 14 heteroatoms. The predicted octanol–water partition coefficient (Wildman–Crippen LogP) is 3.84. The lowest BCUT2D eigenvalue weighted by Gasteiger charge is -2.36. The topological polar surface area (TPSA) is 130 Å². The van der Waals surface area contributed by atoms with Crippen LogP contribution in [0.3, 0.4) is 0 Å². The summed E-state index contributed by atoms with van der Waals surface area (Å²) in [6, 6.07) is 8.48. The van der Waals surface area contributed by atoms with Crippen LogP contribution in [0.1, 0.15) is 11.1 Å². The number of alkyl halides is 3. The van der Waals surface area contributed by atoms with Gasteiger partial charge in [-0.15, -0.1) is 0 Å². The van der Waals surface area contributed by atoms with Gasteiger partial charge in [-0.3, -0.25) is 9.40 Å². The Hall–Kier alpha value is -3.58. The summed E-state index contributed by atoms with van der Waals surface area (Å²) in [5.74, 6) is 0.334. The molecule has 0 amide bonds. The molecule has 5 rings (SSSR count). The molecule has 0 saturated carbocycles. The van der Waals surface area contributed by atoms with Gasteiger partial charge in [0.1, 0.15) is 10.7 Å². The van der Waals surface area contributed by atoms with Crippen molar-refractivity contribution in [2.24, 2.45) is 0 Å². The molecule has 1 atom stereocenters. The number of aromatic amines is 1. The minimum Gasteiger partial charge on any atom is -0.368 e. The second kappa shape index (κ2) is 8.27. The number of halogens is 4. The van der Waals surface area contributed by atoms with Crippen LogP contribution in [0, 0.1) is 0 Å². The van der Waals surface area contributed by atoms with E-state index < -0.39 is 32.7 Å². The molecule has 0 bridgehead atoms. The third-order valence-electron chi connectivity index (χ3n) is 5.61. The van der Waals surface area contributed by atoms with Gasteiger partial charge in [0.15, 0.2) is 5.65 Å². The van der Waals surface area contributed by atoms with Crippen molar-refractivity contribution in [2.75, 3.05) is 21.9 Å². The molecule has 35 heavy (non-hydrogen) atoms. The number of nitrogens with one attached hydrogen (secondary N) is 2. The van der Waals surface area contributed by atoms with Crippen molar-refractivity contribution in [3.63, 3.8) is 0 Å². The van der Waals surface area contributed by atoms with Crippen molar-refractivity contribution in [1.82, 2.24) is 20.2 Å². The minimum atomic E-state index is -4.73. The number of H-pyrrole nitrogens is 1. The molecule has 2 aromatic heterocycles. The Morgan fingerprint density at radius 2 is 1.94 bits per heavy atom. The van der Waals surface area contributed by atoms with Crippen LogP contribution in [-0.4, -0.2) is 41.2 Å². The molecule has 1 aliphatic heterocycles. The Balaban J connectivity index is 1.56. The van der Waals surface area contributed by atoms with Crippen LogP contribution in [0.15, 0.2) is 53.6 Å². The average Bonchev–Trinajstić information content (AvgIpc) is 3.26. The monoisotopic (exact) mass is 523 g/mol. The van der Waals surface area contributed by atoms with Crippen LogP contribution >= 0.6 is 11.6 Å². The van der Waals surface area contributed by atoms with E-state index in [4.69, 9.17) is 17.3 Å². The van der Waals surface area contributed by atoms with Gasteiger partial charge in [0, 0.05) is 0 Å². The fraction of sp³-hybridized carbons (Fsp3) is 0.190. The SMILES string of the molecule is Nc1nc(NC2Cc3ccccc3N(S(=O)(=O)c3cc(C(F)(F)F)ccc3Cl)C2)c2cn[nH]c2n1. The van der Waals surface area contributed by atoms with Crippen molar-refractivity contribution in [3.8, 4) is 0 Å². The lowest BCUT2D eigenvalue weighted by atomic mass is 9.99. The summed E-state index contributed by atoms with van der Waals surface area (Å²) < 4.78 is 68.3. The maximum atomic E-state index is 13.7. The molecule has 0 saturated heterocycles. The highest BCUT2D eigenvalue weighted by Gasteiger charge is 2.37. The summed E-state index contributed by atoms with van der Waals surface area (Å²) in [5.41, 5.74) is 6.10. The summed E-state index contributed by atoms with van der Waals surface area (Å²) in [4.78, 5) is 7.62. The first kappa shape index (κ1) is 23.2. The van der Waals surface area contributed by atoms with Crippen LogP contribution in [-0.2, 0) is 22.6 Å². The number of hydrogen-bond donors (Lipinski definition) is 3. The van der Waals surface area contributed by atoms with Crippen molar-refractivity contribution >= 4 is 50.1 Å². The first-order valence-corrected chi connectivity index (χ1v) is 12.1. The first-order chi connectivity index (χ1) is 16.5. The summed E-state index contributed by atoms with van der Waals surface area (Å²) in [6.45, 7) is -0.102. The lowest BCUT2D eigenvalue weighted by Crippen LogP contribution is -2.45. The summed E-state index contributed by atoms with van der Waals surface area (Å²) >= 11 is 6.08. The molecule has 0 aliphatic carbocycles. The van der Waals surface area contributed by atoms with Crippen molar-refractivity contribution < 1.29 is 21.6 Å². The number of nitrogens with zero attached hydrogens (tertiary/aromatic N) is 4. The van der Waals surface area contributed by atoms with Gasteiger partial charge < -0.3 is 11.1 Å². The zero-order valence-corrected chi connectivity index (χ0v) is 19.3. The molecule has 1 aliphatic rings. The van der Waals surface area contributed by atoms with Gasteiger partial charge in [-0.2, -0.15) is 28.2 Å². The van der Waals surface area contributed by atoms with E-state index in [0.29, 0.717) is 40.6 Å². The van der Waals surface area contributed by atoms with Crippen molar-refractivity contribution in [2.45, 2.75) is 23.5 Å². The third kappa shape index (κ3) is 4.21. The number of sulfonamides is 1. The molecule has 182 valence electrons. The third-order valence-corrected chi connectivity index (χ3v) is 7.87. The Labute approximate surface area is 202 Å². The highest BCUT2D eigenvalue weighted by molar-refractivity contribution is 7.93. The number of nitrogens with two attached hydrogens (primary N) is 1. The molecule has 0 radical (unpaired) electrons. The van der Waals surface area contributed by atoms with Gasteiger partial charge in [0.25, 0.3) is 10.0 Å². The van der Waals surface area contributed by atoms with Gasteiger partial charge in [-0.1, -0.05) is 29.8 Å². The Kier molecular flexibility index (Phi) is 5.48. The molecule has 9 nitrogen and oxygen atoms in total. The van der Waals surface area contributed by atoms with Gasteiger partial charge in [-0.25, -0.2) is 8.42 Å². The summed E-state index contributed by atoms with van der Waals surface area (Å²) in [7, 11) is -4.47. The van der Waals surface area contributed by atoms with Gasteiger partial charge in [-0.05, 0) is 36.2 Å². The quantitative estimate of drug-likeness (QED) is 0.370. The molecule has 0 fully saturated rings. The smallest absolute Gasteiger partial charge is 0.368 e. The number of anilines is 3. The molecule has 4 N–H and O–H groups in total. The molecule has 2 aromatic carbocycles. The Morgan fingerprint density at radius 1 is 1.17 bits per heavy atom. The number of benzene rings is 2. The van der Waals surface area contributed by atoms with Crippen molar-refractivity contribution in [3.05, 3.63) is 64.8 Å². The maximum absolute atomic E-state index is 13.7. The zero-order chi connectivity index (χ0) is 25.0. The predicted molar refractivity (Wildman–Crippen MR) is 125 cm³/mol. The van der Waals surface area contributed by atoms with E-state index in [-0.39, 0.29) is 17.5 Å². The highest BCUT2D eigenvalue weighted by Crippen LogP contribution is 2.38. The number of fused-ring (bicyclic) bond motifs is 2. The van der Waals surface area contributed by atoms with E-state index in [1.54, 1.807) is 24.3 Å². The van der Waals surface area contributed by atoms with Crippen LogP contribution in [0.5, 0.6) is 0 Å². The second-order valence-corrected chi connectivity index (χ2v) is 10.2. The zero-order valence-electron chi connectivity index (χ0n) is 17.7. The number of hydrogen-bond acceptors (Lipinski definition) is 7. The van der Waals surface area contributed by atoms with E-state index in [0.717, 1.165) is 16.4 Å². The van der Waals surface area contributed by atoms with Crippen LogP contribution in [0.25, 0.3) is 11.0 Å². The van der Waals surface area contributed by atoms with Crippen molar-refractivity contribution in [1.29, 1.82) is 0 Å². The summed E-state index contributed by atoms with van der Waals surface area (Å²) in [5, 5.41) is 10.0.